The van der Waals surface area contributed by atoms with E-state index in [-0.39, 0.29) is 6.61 Å². The molecule has 0 radical (unpaired) electrons. The van der Waals surface area contributed by atoms with Crippen molar-refractivity contribution in [3.05, 3.63) is 0 Å². The first-order valence-corrected chi connectivity index (χ1v) is 6.56. The standard InChI is InChI=1S/C12H27N3O/c1-2-11-8-12(14-5-3-7-16)10-15(9-11)6-4-13/h11-12,14,16H,2-10,13H2,1H3. The first kappa shape index (κ1) is 13.9. The number of hydrogen-bond donors (Lipinski definition) is 3. The van der Waals surface area contributed by atoms with Gasteiger partial charge in [-0.15, -0.1) is 0 Å². The molecule has 2 atom stereocenters. The van der Waals surface area contributed by atoms with Crippen molar-refractivity contribution in [1.29, 1.82) is 0 Å². The quantitative estimate of drug-likeness (QED) is 0.539. The highest BCUT2D eigenvalue weighted by atomic mass is 16.3. The molecule has 0 amide bonds. The van der Waals surface area contributed by atoms with E-state index in [0.717, 1.165) is 38.5 Å². The minimum atomic E-state index is 0.281. The first-order chi connectivity index (χ1) is 7.80. The molecule has 96 valence electrons. The van der Waals surface area contributed by atoms with Gasteiger partial charge in [-0.25, -0.2) is 0 Å². The van der Waals surface area contributed by atoms with Crippen LogP contribution in [0.3, 0.4) is 0 Å². The van der Waals surface area contributed by atoms with Crippen LogP contribution in [0.2, 0.25) is 0 Å². The van der Waals surface area contributed by atoms with Crippen LogP contribution < -0.4 is 11.1 Å². The summed E-state index contributed by atoms with van der Waals surface area (Å²) in [7, 11) is 0. The molecule has 0 saturated carbocycles. The fourth-order valence-electron chi connectivity index (χ4n) is 2.50. The van der Waals surface area contributed by atoms with Crippen molar-refractivity contribution >= 4 is 0 Å². The number of nitrogens with zero attached hydrogens (tertiary/aromatic N) is 1. The van der Waals surface area contributed by atoms with E-state index in [1.165, 1.54) is 19.4 Å². The molecule has 0 aromatic carbocycles. The van der Waals surface area contributed by atoms with E-state index in [1.54, 1.807) is 0 Å². The number of aliphatic hydroxyl groups is 1. The molecule has 0 spiro atoms. The molecule has 2 unspecified atom stereocenters. The Hall–Kier alpha value is -0.160. The van der Waals surface area contributed by atoms with E-state index in [4.69, 9.17) is 10.8 Å². The van der Waals surface area contributed by atoms with E-state index in [9.17, 15) is 0 Å². The summed E-state index contributed by atoms with van der Waals surface area (Å²) < 4.78 is 0. The van der Waals surface area contributed by atoms with Crippen LogP contribution in [0, 0.1) is 5.92 Å². The number of likely N-dealkylation sites (tertiary alicyclic amines) is 1. The van der Waals surface area contributed by atoms with Crippen molar-refractivity contribution in [2.45, 2.75) is 32.2 Å². The number of nitrogens with two attached hydrogens (primary N) is 1. The fraction of sp³-hybridized carbons (Fsp3) is 1.00. The van der Waals surface area contributed by atoms with E-state index in [2.05, 4.69) is 17.1 Å². The average Bonchev–Trinajstić information content (AvgIpc) is 2.29. The van der Waals surface area contributed by atoms with Gasteiger partial charge in [0.25, 0.3) is 0 Å². The van der Waals surface area contributed by atoms with Crippen molar-refractivity contribution in [1.82, 2.24) is 10.2 Å². The zero-order valence-electron chi connectivity index (χ0n) is 10.5. The van der Waals surface area contributed by atoms with Crippen LogP contribution in [0.25, 0.3) is 0 Å². The summed E-state index contributed by atoms with van der Waals surface area (Å²) in [5, 5.41) is 12.3. The van der Waals surface area contributed by atoms with Crippen LogP contribution in [0.1, 0.15) is 26.2 Å². The van der Waals surface area contributed by atoms with Gasteiger partial charge in [-0.2, -0.15) is 0 Å². The van der Waals surface area contributed by atoms with Crippen LogP contribution in [0.4, 0.5) is 0 Å². The van der Waals surface area contributed by atoms with Crippen molar-refractivity contribution in [3.8, 4) is 0 Å². The highest BCUT2D eigenvalue weighted by Crippen LogP contribution is 2.19. The number of hydrogen-bond acceptors (Lipinski definition) is 4. The SMILES string of the molecule is CCC1CC(NCCCO)CN(CCN)C1. The molecule has 16 heavy (non-hydrogen) atoms. The molecule has 1 aliphatic rings. The van der Waals surface area contributed by atoms with Gasteiger partial charge in [-0.3, -0.25) is 0 Å². The van der Waals surface area contributed by atoms with E-state index in [1.807, 2.05) is 0 Å². The summed E-state index contributed by atoms with van der Waals surface area (Å²) >= 11 is 0. The molecule has 4 N–H and O–H groups in total. The Morgan fingerprint density at radius 1 is 1.44 bits per heavy atom. The molecule has 0 aliphatic carbocycles. The Morgan fingerprint density at radius 2 is 2.25 bits per heavy atom. The highest BCUT2D eigenvalue weighted by Gasteiger charge is 2.25. The van der Waals surface area contributed by atoms with Crippen molar-refractivity contribution < 1.29 is 5.11 Å². The van der Waals surface area contributed by atoms with Gasteiger partial charge in [0.1, 0.15) is 0 Å². The molecule has 1 rings (SSSR count). The minimum absolute atomic E-state index is 0.281. The van der Waals surface area contributed by atoms with Gasteiger partial charge >= 0.3 is 0 Å². The Balaban J connectivity index is 2.31. The van der Waals surface area contributed by atoms with Crippen LogP contribution in [-0.2, 0) is 0 Å². The molecule has 0 bridgehead atoms. The molecular formula is C12H27N3O. The lowest BCUT2D eigenvalue weighted by molar-refractivity contribution is 0.140. The first-order valence-electron chi connectivity index (χ1n) is 6.56. The predicted octanol–water partition coefficient (Wildman–Crippen LogP) is 0.0176. The Kier molecular flexibility index (Phi) is 6.96. The number of nitrogens with one attached hydrogen (secondary N) is 1. The van der Waals surface area contributed by atoms with Crippen molar-refractivity contribution in [2.75, 3.05) is 39.3 Å². The summed E-state index contributed by atoms with van der Waals surface area (Å²) in [6, 6.07) is 0.580. The highest BCUT2D eigenvalue weighted by molar-refractivity contribution is 4.83. The maximum Gasteiger partial charge on any atom is 0.0443 e. The van der Waals surface area contributed by atoms with Crippen molar-refractivity contribution in [3.63, 3.8) is 0 Å². The Morgan fingerprint density at radius 3 is 2.88 bits per heavy atom. The minimum Gasteiger partial charge on any atom is -0.396 e. The van der Waals surface area contributed by atoms with Crippen LogP contribution in [-0.4, -0.2) is 55.4 Å². The second-order valence-corrected chi connectivity index (χ2v) is 4.79. The molecule has 1 aliphatic heterocycles. The maximum absolute atomic E-state index is 8.76. The summed E-state index contributed by atoms with van der Waals surface area (Å²) in [6.45, 7) is 7.54. The molecule has 0 aromatic heterocycles. The lowest BCUT2D eigenvalue weighted by atomic mass is 9.92. The third kappa shape index (κ3) is 4.78. The molecule has 4 heteroatoms. The zero-order valence-corrected chi connectivity index (χ0v) is 10.5. The monoisotopic (exact) mass is 229 g/mol. The van der Waals surface area contributed by atoms with E-state index < -0.39 is 0 Å². The predicted molar refractivity (Wildman–Crippen MR) is 67.4 cm³/mol. The van der Waals surface area contributed by atoms with Crippen LogP contribution in [0.5, 0.6) is 0 Å². The topological polar surface area (TPSA) is 61.5 Å². The number of aliphatic hydroxyl groups excluding tert-OH is 1. The summed E-state index contributed by atoms with van der Waals surface area (Å²) in [5.41, 5.74) is 5.62. The van der Waals surface area contributed by atoms with Crippen molar-refractivity contribution in [2.24, 2.45) is 11.7 Å². The zero-order chi connectivity index (χ0) is 11.8. The van der Waals surface area contributed by atoms with Gasteiger partial charge in [0.15, 0.2) is 0 Å². The van der Waals surface area contributed by atoms with Gasteiger partial charge < -0.3 is 21.1 Å². The molecule has 4 nitrogen and oxygen atoms in total. The van der Waals surface area contributed by atoms with Gasteiger partial charge in [-0.05, 0) is 25.3 Å². The second kappa shape index (κ2) is 8.01. The normalized spacial score (nSPS) is 27.2. The number of rotatable bonds is 7. The third-order valence-electron chi connectivity index (χ3n) is 3.40. The second-order valence-electron chi connectivity index (χ2n) is 4.79. The fourth-order valence-corrected chi connectivity index (χ4v) is 2.50. The summed E-state index contributed by atoms with van der Waals surface area (Å²) in [6.07, 6.45) is 3.37. The lowest BCUT2D eigenvalue weighted by Gasteiger charge is -2.37. The van der Waals surface area contributed by atoms with Crippen LogP contribution >= 0.6 is 0 Å². The molecule has 0 aromatic rings. The Labute approximate surface area is 99.2 Å². The average molecular weight is 229 g/mol. The van der Waals surface area contributed by atoms with Gasteiger partial charge in [0.2, 0.25) is 0 Å². The molecule has 1 heterocycles. The molecule has 1 fully saturated rings. The smallest absolute Gasteiger partial charge is 0.0443 e. The third-order valence-corrected chi connectivity index (χ3v) is 3.40. The van der Waals surface area contributed by atoms with Crippen LogP contribution in [0.15, 0.2) is 0 Å². The van der Waals surface area contributed by atoms with E-state index in [0.29, 0.717) is 6.04 Å². The largest absolute Gasteiger partial charge is 0.396 e. The molecular weight excluding hydrogens is 202 g/mol. The maximum atomic E-state index is 8.76. The van der Waals surface area contributed by atoms with Gasteiger partial charge in [0, 0.05) is 38.8 Å². The summed E-state index contributed by atoms with van der Waals surface area (Å²) in [5.74, 6) is 0.798. The lowest BCUT2D eigenvalue weighted by Crippen LogP contribution is -2.50. The van der Waals surface area contributed by atoms with Gasteiger partial charge in [-0.1, -0.05) is 13.3 Å². The van der Waals surface area contributed by atoms with Gasteiger partial charge in [0.05, 0.1) is 0 Å². The molecule has 1 saturated heterocycles. The number of piperidine rings is 1. The Bertz CT molecular complexity index is 178. The van der Waals surface area contributed by atoms with E-state index >= 15 is 0 Å². The summed E-state index contributed by atoms with van der Waals surface area (Å²) in [4.78, 5) is 2.47.